The topological polar surface area (TPSA) is 90.7 Å². The molecule has 8 heteroatoms. The van der Waals surface area contributed by atoms with Crippen LogP contribution in [0.5, 0.6) is 5.75 Å². The normalized spacial score (nSPS) is 15.8. The molecule has 7 nitrogen and oxygen atoms in total. The lowest BCUT2D eigenvalue weighted by Crippen LogP contribution is -2.49. The zero-order valence-electron chi connectivity index (χ0n) is 14.7. The van der Waals surface area contributed by atoms with E-state index in [1.54, 1.807) is 0 Å². The number of hydrogen-bond acceptors (Lipinski definition) is 5. The van der Waals surface area contributed by atoms with E-state index in [-0.39, 0.29) is 22.9 Å². The first-order valence-corrected chi connectivity index (χ1v) is 9.23. The van der Waals surface area contributed by atoms with Crippen molar-refractivity contribution in [3.8, 4) is 5.75 Å². The number of carbonyl (C=O) groups excluding carboxylic acids is 1. The molecule has 1 fully saturated rings. The van der Waals surface area contributed by atoms with Gasteiger partial charge in [0.2, 0.25) is 0 Å². The summed E-state index contributed by atoms with van der Waals surface area (Å²) in [7, 11) is 1.35. The van der Waals surface area contributed by atoms with Gasteiger partial charge in [0, 0.05) is 29.3 Å². The molecule has 0 atom stereocenters. The van der Waals surface area contributed by atoms with Gasteiger partial charge >= 0.3 is 5.69 Å². The molecule has 0 saturated carbocycles. The minimum atomic E-state index is -0.589. The summed E-state index contributed by atoms with van der Waals surface area (Å²) in [6, 6.07) is 12.0. The first kappa shape index (κ1) is 19.3. The number of amides is 1. The zero-order chi connectivity index (χ0) is 19.4. The fourth-order valence-electron chi connectivity index (χ4n) is 3.26. The standard InChI is InChI=1S/C19H19BrN2O5/c1-26-17-6-5-13(11-16(17)22(24)25)18(23)21-19(7-9-27-10-8-19)14-3-2-4-15(20)12-14/h2-6,11-12H,7-10H2,1H3,(H,21,23). The SMILES string of the molecule is COc1ccc(C(=O)NC2(c3cccc(Br)c3)CCOCC2)cc1[N+](=O)[O-]. The van der Waals surface area contributed by atoms with E-state index in [1.165, 1.54) is 25.3 Å². The number of nitro benzene ring substituents is 1. The summed E-state index contributed by atoms with van der Waals surface area (Å²) in [6.45, 7) is 1.05. The van der Waals surface area contributed by atoms with Crippen molar-refractivity contribution in [1.29, 1.82) is 0 Å². The molecule has 142 valence electrons. The van der Waals surface area contributed by atoms with Crippen molar-refractivity contribution in [3.05, 3.63) is 68.2 Å². The highest BCUT2D eigenvalue weighted by Gasteiger charge is 2.36. The summed E-state index contributed by atoms with van der Waals surface area (Å²) in [5, 5.41) is 14.3. The fourth-order valence-corrected chi connectivity index (χ4v) is 3.65. The Morgan fingerprint density at radius 1 is 1.26 bits per heavy atom. The molecule has 1 amide bonds. The largest absolute Gasteiger partial charge is 0.490 e. The van der Waals surface area contributed by atoms with Gasteiger partial charge in [0.05, 0.1) is 17.6 Å². The van der Waals surface area contributed by atoms with Crippen LogP contribution in [0, 0.1) is 10.1 Å². The van der Waals surface area contributed by atoms with E-state index in [9.17, 15) is 14.9 Å². The second-order valence-electron chi connectivity index (χ2n) is 6.30. The molecule has 0 aliphatic carbocycles. The molecule has 1 heterocycles. The van der Waals surface area contributed by atoms with E-state index in [2.05, 4.69) is 21.2 Å². The maximum atomic E-state index is 12.9. The molecule has 0 unspecified atom stereocenters. The lowest BCUT2D eigenvalue weighted by atomic mass is 9.82. The number of halogens is 1. The van der Waals surface area contributed by atoms with E-state index in [1.807, 2.05) is 24.3 Å². The molecular formula is C19H19BrN2O5. The Balaban J connectivity index is 1.94. The molecule has 2 aromatic carbocycles. The maximum absolute atomic E-state index is 12.9. The van der Waals surface area contributed by atoms with Gasteiger partial charge in [-0.15, -0.1) is 0 Å². The van der Waals surface area contributed by atoms with Gasteiger partial charge in [0.15, 0.2) is 5.75 Å². The average molecular weight is 435 g/mol. The zero-order valence-corrected chi connectivity index (χ0v) is 16.3. The van der Waals surface area contributed by atoms with Crippen molar-refractivity contribution in [2.24, 2.45) is 0 Å². The van der Waals surface area contributed by atoms with Crippen molar-refractivity contribution in [2.75, 3.05) is 20.3 Å². The van der Waals surface area contributed by atoms with E-state index in [0.29, 0.717) is 26.1 Å². The average Bonchev–Trinajstić information content (AvgIpc) is 2.68. The highest BCUT2D eigenvalue weighted by atomic mass is 79.9. The second kappa shape index (κ2) is 8.06. The van der Waals surface area contributed by atoms with Crippen molar-refractivity contribution in [2.45, 2.75) is 18.4 Å². The number of methoxy groups -OCH3 is 1. The third-order valence-corrected chi connectivity index (χ3v) is 5.21. The fraction of sp³-hybridized carbons (Fsp3) is 0.316. The number of nitrogens with zero attached hydrogens (tertiary/aromatic N) is 1. The van der Waals surface area contributed by atoms with Crippen LogP contribution in [-0.4, -0.2) is 31.2 Å². The van der Waals surface area contributed by atoms with Crippen molar-refractivity contribution in [3.63, 3.8) is 0 Å². The van der Waals surface area contributed by atoms with Gasteiger partial charge in [-0.1, -0.05) is 28.1 Å². The molecular weight excluding hydrogens is 416 g/mol. The molecule has 3 rings (SSSR count). The molecule has 0 aromatic heterocycles. The van der Waals surface area contributed by atoms with Crippen LogP contribution in [0.3, 0.4) is 0 Å². The molecule has 1 aliphatic rings. The highest BCUT2D eigenvalue weighted by Crippen LogP contribution is 2.34. The Bertz CT molecular complexity index is 865. The first-order chi connectivity index (χ1) is 12.9. The number of nitro groups is 1. The van der Waals surface area contributed by atoms with Crippen LogP contribution in [0.2, 0.25) is 0 Å². The Labute approximate surface area is 164 Å². The van der Waals surface area contributed by atoms with E-state index in [4.69, 9.17) is 9.47 Å². The molecule has 1 saturated heterocycles. The number of rotatable bonds is 5. The highest BCUT2D eigenvalue weighted by molar-refractivity contribution is 9.10. The van der Waals surface area contributed by atoms with Crippen LogP contribution >= 0.6 is 15.9 Å². The van der Waals surface area contributed by atoms with Crippen molar-refractivity contribution < 1.29 is 19.2 Å². The smallest absolute Gasteiger partial charge is 0.311 e. The molecule has 1 N–H and O–H groups in total. The minimum absolute atomic E-state index is 0.115. The third kappa shape index (κ3) is 4.12. The molecule has 0 spiro atoms. The van der Waals surface area contributed by atoms with Gasteiger partial charge in [0.1, 0.15) is 0 Å². The summed E-state index contributed by atoms with van der Waals surface area (Å²) in [5.41, 5.74) is 0.349. The van der Waals surface area contributed by atoms with Gasteiger partial charge < -0.3 is 14.8 Å². The number of ether oxygens (including phenoxy) is 2. The van der Waals surface area contributed by atoms with Crippen LogP contribution in [0.1, 0.15) is 28.8 Å². The molecule has 27 heavy (non-hydrogen) atoms. The Hall–Kier alpha value is -2.45. The predicted molar refractivity (Wildman–Crippen MR) is 103 cm³/mol. The summed E-state index contributed by atoms with van der Waals surface area (Å²) < 4.78 is 11.4. The third-order valence-electron chi connectivity index (χ3n) is 4.71. The van der Waals surface area contributed by atoms with Gasteiger partial charge in [-0.3, -0.25) is 14.9 Å². The molecule has 0 radical (unpaired) electrons. The summed E-state index contributed by atoms with van der Waals surface area (Å²) in [4.78, 5) is 23.6. The quantitative estimate of drug-likeness (QED) is 0.570. The summed E-state index contributed by atoms with van der Waals surface area (Å²) in [5.74, 6) is -0.257. The Morgan fingerprint density at radius 3 is 2.63 bits per heavy atom. The maximum Gasteiger partial charge on any atom is 0.311 e. The van der Waals surface area contributed by atoms with Crippen LogP contribution in [-0.2, 0) is 10.3 Å². The second-order valence-corrected chi connectivity index (χ2v) is 7.22. The lowest BCUT2D eigenvalue weighted by Gasteiger charge is -2.38. The predicted octanol–water partition coefficient (Wildman–Crippen LogP) is 3.80. The van der Waals surface area contributed by atoms with E-state index in [0.717, 1.165) is 10.0 Å². The monoisotopic (exact) mass is 434 g/mol. The number of carbonyl (C=O) groups is 1. The number of nitrogens with one attached hydrogen (secondary N) is 1. The molecule has 2 aromatic rings. The lowest BCUT2D eigenvalue weighted by molar-refractivity contribution is -0.385. The van der Waals surface area contributed by atoms with Gasteiger partial charge in [-0.05, 0) is 42.7 Å². The number of benzene rings is 2. The van der Waals surface area contributed by atoms with Crippen LogP contribution in [0.4, 0.5) is 5.69 Å². The van der Waals surface area contributed by atoms with Crippen LogP contribution in [0.25, 0.3) is 0 Å². The van der Waals surface area contributed by atoms with E-state index < -0.39 is 10.5 Å². The Kier molecular flexibility index (Phi) is 5.76. The number of hydrogen-bond donors (Lipinski definition) is 1. The Morgan fingerprint density at radius 2 is 2.00 bits per heavy atom. The van der Waals surface area contributed by atoms with Gasteiger partial charge in [-0.2, -0.15) is 0 Å². The van der Waals surface area contributed by atoms with E-state index >= 15 is 0 Å². The van der Waals surface area contributed by atoms with Gasteiger partial charge in [-0.25, -0.2) is 0 Å². The first-order valence-electron chi connectivity index (χ1n) is 8.44. The van der Waals surface area contributed by atoms with Crippen LogP contribution < -0.4 is 10.1 Å². The molecule has 0 bridgehead atoms. The van der Waals surface area contributed by atoms with Crippen molar-refractivity contribution >= 4 is 27.5 Å². The minimum Gasteiger partial charge on any atom is -0.490 e. The summed E-state index contributed by atoms with van der Waals surface area (Å²) in [6.07, 6.45) is 1.24. The van der Waals surface area contributed by atoms with Crippen LogP contribution in [0.15, 0.2) is 46.9 Å². The van der Waals surface area contributed by atoms with Gasteiger partial charge in [0.25, 0.3) is 5.91 Å². The molecule has 1 aliphatic heterocycles. The summed E-state index contributed by atoms with van der Waals surface area (Å²) >= 11 is 3.47. The van der Waals surface area contributed by atoms with Crippen molar-refractivity contribution in [1.82, 2.24) is 5.32 Å².